The SMILES string of the molecule is Cc1ccc(C(=O)Nc2ccccc2C(=O)N(C)Cc2ccccc2)cc1I. The first-order valence-corrected chi connectivity index (χ1v) is 9.99. The Morgan fingerprint density at radius 1 is 0.964 bits per heavy atom. The molecule has 28 heavy (non-hydrogen) atoms. The van der Waals surface area contributed by atoms with Crippen molar-refractivity contribution in [2.45, 2.75) is 13.5 Å². The summed E-state index contributed by atoms with van der Waals surface area (Å²) in [5, 5.41) is 2.88. The minimum Gasteiger partial charge on any atom is -0.337 e. The van der Waals surface area contributed by atoms with E-state index in [0.29, 0.717) is 23.4 Å². The van der Waals surface area contributed by atoms with Gasteiger partial charge >= 0.3 is 0 Å². The molecule has 0 radical (unpaired) electrons. The molecule has 4 nitrogen and oxygen atoms in total. The number of aryl methyl sites for hydroxylation is 1. The number of benzene rings is 3. The Morgan fingerprint density at radius 2 is 1.64 bits per heavy atom. The number of para-hydroxylation sites is 1. The third kappa shape index (κ3) is 4.78. The molecule has 0 aromatic heterocycles. The molecule has 0 spiro atoms. The largest absolute Gasteiger partial charge is 0.337 e. The zero-order chi connectivity index (χ0) is 20.1. The monoisotopic (exact) mass is 484 g/mol. The fraction of sp³-hybridized carbons (Fsp3) is 0.130. The van der Waals surface area contributed by atoms with Gasteiger partial charge in [-0.25, -0.2) is 0 Å². The van der Waals surface area contributed by atoms with Crippen molar-refractivity contribution in [3.8, 4) is 0 Å². The second-order valence-electron chi connectivity index (χ2n) is 6.61. The molecule has 142 valence electrons. The van der Waals surface area contributed by atoms with Crippen LogP contribution in [0.25, 0.3) is 0 Å². The Morgan fingerprint density at radius 3 is 2.36 bits per heavy atom. The van der Waals surface area contributed by atoms with E-state index < -0.39 is 0 Å². The third-order valence-electron chi connectivity index (χ3n) is 4.45. The van der Waals surface area contributed by atoms with Gasteiger partial charge in [-0.3, -0.25) is 9.59 Å². The van der Waals surface area contributed by atoms with Crippen LogP contribution in [0.2, 0.25) is 0 Å². The fourth-order valence-electron chi connectivity index (χ4n) is 2.84. The van der Waals surface area contributed by atoms with Crippen molar-refractivity contribution in [2.75, 3.05) is 12.4 Å². The molecule has 0 saturated heterocycles. The molecular formula is C23H21IN2O2. The summed E-state index contributed by atoms with van der Waals surface area (Å²) < 4.78 is 1.03. The van der Waals surface area contributed by atoms with Crippen molar-refractivity contribution in [2.24, 2.45) is 0 Å². The standard InChI is InChI=1S/C23H21IN2O2/c1-16-12-13-18(14-20(16)24)22(27)25-21-11-7-6-10-19(21)23(28)26(2)15-17-8-4-3-5-9-17/h3-14H,15H2,1-2H3,(H,25,27). The van der Waals surface area contributed by atoms with E-state index in [0.717, 1.165) is 14.7 Å². The highest BCUT2D eigenvalue weighted by atomic mass is 127. The van der Waals surface area contributed by atoms with Gasteiger partial charge in [0.25, 0.3) is 11.8 Å². The van der Waals surface area contributed by atoms with Crippen molar-refractivity contribution >= 4 is 40.1 Å². The second kappa shape index (κ2) is 9.01. The van der Waals surface area contributed by atoms with E-state index in [-0.39, 0.29) is 11.8 Å². The lowest BCUT2D eigenvalue weighted by Crippen LogP contribution is -2.27. The Balaban J connectivity index is 1.79. The van der Waals surface area contributed by atoms with Crippen molar-refractivity contribution in [3.05, 3.63) is 98.6 Å². The summed E-state index contributed by atoms with van der Waals surface area (Å²) in [6.07, 6.45) is 0. The molecule has 2 amide bonds. The summed E-state index contributed by atoms with van der Waals surface area (Å²) in [6.45, 7) is 2.50. The Hall–Kier alpha value is -2.67. The van der Waals surface area contributed by atoms with Gasteiger partial charge < -0.3 is 10.2 Å². The van der Waals surface area contributed by atoms with E-state index in [9.17, 15) is 9.59 Å². The van der Waals surface area contributed by atoms with Gasteiger partial charge in [-0.15, -0.1) is 0 Å². The van der Waals surface area contributed by atoms with E-state index in [1.807, 2.05) is 55.5 Å². The van der Waals surface area contributed by atoms with Crippen LogP contribution in [0.1, 0.15) is 31.8 Å². The first kappa shape index (κ1) is 20.1. The number of amides is 2. The number of halogens is 1. The maximum atomic E-state index is 13.0. The van der Waals surface area contributed by atoms with Crippen LogP contribution in [-0.2, 0) is 6.54 Å². The summed E-state index contributed by atoms with van der Waals surface area (Å²) >= 11 is 2.21. The van der Waals surface area contributed by atoms with Crippen LogP contribution in [0.15, 0.2) is 72.8 Å². The molecule has 0 aliphatic heterocycles. The topological polar surface area (TPSA) is 49.4 Å². The highest BCUT2D eigenvalue weighted by Crippen LogP contribution is 2.20. The summed E-state index contributed by atoms with van der Waals surface area (Å²) in [5.41, 5.74) is 3.71. The predicted octanol–water partition coefficient (Wildman–Crippen LogP) is 5.12. The van der Waals surface area contributed by atoms with Crippen LogP contribution >= 0.6 is 22.6 Å². The summed E-state index contributed by atoms with van der Waals surface area (Å²) in [4.78, 5) is 27.3. The number of nitrogens with one attached hydrogen (secondary N) is 1. The van der Waals surface area contributed by atoms with E-state index in [1.54, 1.807) is 36.2 Å². The number of anilines is 1. The molecule has 3 aromatic rings. The zero-order valence-corrected chi connectivity index (χ0v) is 17.9. The highest BCUT2D eigenvalue weighted by Gasteiger charge is 2.18. The zero-order valence-electron chi connectivity index (χ0n) is 15.8. The summed E-state index contributed by atoms with van der Waals surface area (Å²) in [5.74, 6) is -0.373. The molecule has 3 rings (SSSR count). The molecule has 5 heteroatoms. The van der Waals surface area contributed by atoms with Crippen molar-refractivity contribution in [3.63, 3.8) is 0 Å². The minimum atomic E-state index is -0.233. The van der Waals surface area contributed by atoms with Gasteiger partial charge in [0.2, 0.25) is 0 Å². The minimum absolute atomic E-state index is 0.141. The van der Waals surface area contributed by atoms with Gasteiger partial charge in [-0.05, 0) is 64.9 Å². The van der Waals surface area contributed by atoms with Gasteiger partial charge in [-0.1, -0.05) is 48.5 Å². The van der Waals surface area contributed by atoms with Gasteiger partial charge in [0.1, 0.15) is 0 Å². The second-order valence-corrected chi connectivity index (χ2v) is 7.77. The number of carbonyl (C=O) groups is 2. The lowest BCUT2D eigenvalue weighted by Gasteiger charge is -2.19. The molecular weight excluding hydrogens is 463 g/mol. The van der Waals surface area contributed by atoms with E-state index in [4.69, 9.17) is 0 Å². The average molecular weight is 484 g/mol. The first-order chi connectivity index (χ1) is 13.5. The molecule has 0 unspecified atom stereocenters. The van der Waals surface area contributed by atoms with Crippen LogP contribution in [0.5, 0.6) is 0 Å². The quantitative estimate of drug-likeness (QED) is 0.511. The smallest absolute Gasteiger partial charge is 0.256 e. The van der Waals surface area contributed by atoms with Crippen LogP contribution in [0.4, 0.5) is 5.69 Å². The van der Waals surface area contributed by atoms with Gasteiger partial charge in [0, 0.05) is 22.7 Å². The van der Waals surface area contributed by atoms with Gasteiger partial charge in [-0.2, -0.15) is 0 Å². The molecule has 0 aliphatic rings. The molecule has 0 saturated carbocycles. The van der Waals surface area contributed by atoms with Gasteiger partial charge in [0.05, 0.1) is 11.3 Å². The predicted molar refractivity (Wildman–Crippen MR) is 121 cm³/mol. The highest BCUT2D eigenvalue weighted by molar-refractivity contribution is 14.1. The van der Waals surface area contributed by atoms with E-state index in [1.165, 1.54) is 0 Å². The summed E-state index contributed by atoms with van der Waals surface area (Å²) in [7, 11) is 1.76. The van der Waals surface area contributed by atoms with Crippen LogP contribution in [0.3, 0.4) is 0 Å². The Bertz CT molecular complexity index is 1000. The first-order valence-electron chi connectivity index (χ1n) is 8.91. The number of carbonyl (C=O) groups excluding carboxylic acids is 2. The number of hydrogen-bond acceptors (Lipinski definition) is 2. The van der Waals surface area contributed by atoms with Crippen molar-refractivity contribution < 1.29 is 9.59 Å². The Labute approximate surface area is 178 Å². The number of rotatable bonds is 5. The third-order valence-corrected chi connectivity index (χ3v) is 5.61. The lowest BCUT2D eigenvalue weighted by molar-refractivity contribution is 0.0786. The van der Waals surface area contributed by atoms with Crippen molar-refractivity contribution in [1.82, 2.24) is 4.90 Å². The van der Waals surface area contributed by atoms with Crippen LogP contribution in [-0.4, -0.2) is 23.8 Å². The maximum Gasteiger partial charge on any atom is 0.256 e. The number of nitrogens with zero attached hydrogens (tertiary/aromatic N) is 1. The molecule has 0 fully saturated rings. The molecule has 0 heterocycles. The maximum absolute atomic E-state index is 13.0. The summed E-state index contributed by atoms with van der Waals surface area (Å²) in [6, 6.07) is 22.5. The molecule has 0 aliphatic carbocycles. The van der Waals surface area contributed by atoms with Crippen LogP contribution < -0.4 is 5.32 Å². The van der Waals surface area contributed by atoms with Gasteiger partial charge in [0.15, 0.2) is 0 Å². The normalized spacial score (nSPS) is 10.4. The van der Waals surface area contributed by atoms with E-state index in [2.05, 4.69) is 27.9 Å². The molecule has 0 bridgehead atoms. The molecule has 0 atom stereocenters. The molecule has 1 N–H and O–H groups in total. The number of hydrogen-bond donors (Lipinski definition) is 1. The van der Waals surface area contributed by atoms with Crippen molar-refractivity contribution in [1.29, 1.82) is 0 Å². The average Bonchev–Trinajstić information content (AvgIpc) is 2.70. The van der Waals surface area contributed by atoms with Crippen LogP contribution in [0, 0.1) is 10.5 Å². The Kier molecular flexibility index (Phi) is 6.46. The lowest BCUT2D eigenvalue weighted by atomic mass is 10.1. The van der Waals surface area contributed by atoms with E-state index >= 15 is 0 Å². The fourth-order valence-corrected chi connectivity index (χ4v) is 3.36. The molecule has 3 aromatic carbocycles.